The van der Waals surface area contributed by atoms with Crippen LogP contribution in [0.25, 0.3) is 11.0 Å². The van der Waals surface area contributed by atoms with Crippen LogP contribution in [0.15, 0.2) is 27.4 Å². The van der Waals surface area contributed by atoms with Crippen molar-refractivity contribution in [3.8, 4) is 5.75 Å². The summed E-state index contributed by atoms with van der Waals surface area (Å²) >= 11 is 0. The molecule has 0 saturated carbocycles. The Morgan fingerprint density at radius 2 is 1.80 bits per heavy atom. The van der Waals surface area contributed by atoms with Crippen LogP contribution in [0.4, 0.5) is 0 Å². The van der Waals surface area contributed by atoms with Gasteiger partial charge in [0, 0.05) is 17.0 Å². The van der Waals surface area contributed by atoms with Crippen molar-refractivity contribution in [1.29, 1.82) is 0 Å². The molecule has 1 aromatic carbocycles. The minimum atomic E-state index is -1.38. The molecule has 0 bridgehead atoms. The van der Waals surface area contributed by atoms with Gasteiger partial charge in [-0.05, 0) is 43.4 Å². The fourth-order valence-electron chi connectivity index (χ4n) is 3.52. The van der Waals surface area contributed by atoms with E-state index in [1.54, 1.807) is 12.1 Å². The molecule has 25 heavy (non-hydrogen) atoms. The third-order valence-corrected chi connectivity index (χ3v) is 4.90. The average Bonchev–Trinajstić information content (AvgIpc) is 2.62. The van der Waals surface area contributed by atoms with Gasteiger partial charge in [-0.3, -0.25) is 0 Å². The molecule has 134 valence electrons. The number of aryl methyl sites for hydroxylation is 1. The lowest BCUT2D eigenvalue weighted by Gasteiger charge is -2.34. The number of benzene rings is 1. The van der Waals surface area contributed by atoms with Crippen LogP contribution < -0.4 is 10.4 Å². The van der Waals surface area contributed by atoms with E-state index >= 15 is 0 Å². The highest BCUT2D eigenvalue weighted by Crippen LogP contribution is 2.30. The van der Waals surface area contributed by atoms with Gasteiger partial charge in [-0.25, -0.2) is 4.79 Å². The SMILES string of the molecule is O=c1oc2cc(O[C@@H]3OC[C@@H](O)[C@H](O)[C@H]3O)ccc2c2c1CCCC2. The third-order valence-electron chi connectivity index (χ3n) is 4.90. The first kappa shape index (κ1) is 16.5. The minimum absolute atomic E-state index is 0.140. The van der Waals surface area contributed by atoms with E-state index < -0.39 is 24.6 Å². The Bertz CT molecular complexity index is 843. The molecule has 1 aromatic heterocycles. The van der Waals surface area contributed by atoms with Crippen molar-refractivity contribution < 1.29 is 29.2 Å². The van der Waals surface area contributed by atoms with Crippen LogP contribution in [-0.2, 0) is 17.6 Å². The molecule has 0 amide bonds. The molecule has 7 heteroatoms. The fourth-order valence-corrected chi connectivity index (χ4v) is 3.52. The number of hydrogen-bond donors (Lipinski definition) is 3. The maximum Gasteiger partial charge on any atom is 0.339 e. The lowest BCUT2D eigenvalue weighted by molar-refractivity contribution is -0.242. The second-order valence-corrected chi connectivity index (χ2v) is 6.58. The predicted octanol–water partition coefficient (Wildman–Crippen LogP) is 0.490. The Balaban J connectivity index is 1.65. The summed E-state index contributed by atoms with van der Waals surface area (Å²) in [5.41, 5.74) is 1.91. The van der Waals surface area contributed by atoms with Crippen LogP contribution in [0.2, 0.25) is 0 Å². The zero-order valence-electron chi connectivity index (χ0n) is 13.6. The van der Waals surface area contributed by atoms with Crippen molar-refractivity contribution in [2.45, 2.75) is 50.3 Å². The summed E-state index contributed by atoms with van der Waals surface area (Å²) in [6.45, 7) is -0.140. The normalized spacial score (nSPS) is 29.4. The second-order valence-electron chi connectivity index (χ2n) is 6.58. The van der Waals surface area contributed by atoms with E-state index in [-0.39, 0.29) is 12.2 Å². The summed E-state index contributed by atoms with van der Waals surface area (Å²) in [4.78, 5) is 12.2. The number of hydrogen-bond acceptors (Lipinski definition) is 7. The maximum atomic E-state index is 12.2. The van der Waals surface area contributed by atoms with E-state index in [9.17, 15) is 20.1 Å². The smallest absolute Gasteiger partial charge is 0.339 e. The molecule has 0 spiro atoms. The summed E-state index contributed by atoms with van der Waals surface area (Å²) in [6.07, 6.45) is -1.35. The molecule has 7 nitrogen and oxygen atoms in total. The number of rotatable bonds is 2. The van der Waals surface area contributed by atoms with Gasteiger partial charge in [0.15, 0.2) is 0 Å². The Morgan fingerprint density at radius 3 is 2.60 bits per heavy atom. The second kappa shape index (κ2) is 6.42. The standard InChI is InChI=1S/C18H20O7/c19-13-8-23-18(16(21)15(13)20)24-9-5-6-11-10-3-1-2-4-12(10)17(22)25-14(11)7-9/h5-7,13,15-16,18-21H,1-4,8H2/t13-,15+,16-,18+/m1/s1. The van der Waals surface area contributed by atoms with Crippen LogP contribution in [0.3, 0.4) is 0 Å². The van der Waals surface area contributed by atoms with Crippen LogP contribution in [0, 0.1) is 0 Å². The third kappa shape index (κ3) is 2.93. The highest BCUT2D eigenvalue weighted by molar-refractivity contribution is 5.82. The number of ether oxygens (including phenoxy) is 2. The van der Waals surface area contributed by atoms with E-state index in [1.165, 1.54) is 0 Å². The molecule has 3 N–H and O–H groups in total. The van der Waals surface area contributed by atoms with Crippen LogP contribution in [0.5, 0.6) is 5.75 Å². The molecule has 2 aliphatic rings. The van der Waals surface area contributed by atoms with E-state index in [1.807, 2.05) is 6.07 Å². The summed E-state index contributed by atoms with van der Waals surface area (Å²) < 4.78 is 16.2. The van der Waals surface area contributed by atoms with Crippen molar-refractivity contribution in [3.05, 3.63) is 39.7 Å². The largest absolute Gasteiger partial charge is 0.462 e. The van der Waals surface area contributed by atoms with Crippen molar-refractivity contribution in [2.75, 3.05) is 6.61 Å². The average molecular weight is 348 g/mol. The lowest BCUT2D eigenvalue weighted by atomic mass is 9.91. The highest BCUT2D eigenvalue weighted by atomic mass is 16.7. The van der Waals surface area contributed by atoms with Gasteiger partial charge in [0.2, 0.25) is 6.29 Å². The summed E-state index contributed by atoms with van der Waals surface area (Å²) in [5.74, 6) is 0.346. The first-order valence-corrected chi connectivity index (χ1v) is 8.45. The Kier molecular flexibility index (Phi) is 4.24. The van der Waals surface area contributed by atoms with Gasteiger partial charge in [-0.15, -0.1) is 0 Å². The molecule has 0 radical (unpaired) electrons. The van der Waals surface area contributed by atoms with Gasteiger partial charge < -0.3 is 29.2 Å². The Hall–Kier alpha value is -1.93. The van der Waals surface area contributed by atoms with Gasteiger partial charge in [0.25, 0.3) is 0 Å². The number of aliphatic hydroxyl groups excluding tert-OH is 3. The molecule has 4 rings (SSSR count). The molecular formula is C18H20O7. The van der Waals surface area contributed by atoms with Crippen LogP contribution in [0.1, 0.15) is 24.0 Å². The summed E-state index contributed by atoms with van der Waals surface area (Å²) in [7, 11) is 0. The number of fused-ring (bicyclic) bond motifs is 3. The van der Waals surface area contributed by atoms with E-state index in [2.05, 4.69) is 0 Å². The molecule has 1 fully saturated rings. The van der Waals surface area contributed by atoms with E-state index in [4.69, 9.17) is 13.9 Å². The van der Waals surface area contributed by atoms with Gasteiger partial charge in [0.1, 0.15) is 29.6 Å². The van der Waals surface area contributed by atoms with Crippen molar-refractivity contribution in [2.24, 2.45) is 0 Å². The van der Waals surface area contributed by atoms with Crippen molar-refractivity contribution >= 4 is 11.0 Å². The van der Waals surface area contributed by atoms with Gasteiger partial charge >= 0.3 is 5.63 Å². The molecule has 2 heterocycles. The number of aliphatic hydroxyl groups is 3. The zero-order chi connectivity index (χ0) is 17.6. The van der Waals surface area contributed by atoms with Gasteiger partial charge in [-0.1, -0.05) is 0 Å². The monoisotopic (exact) mass is 348 g/mol. The molecule has 0 unspecified atom stereocenters. The zero-order valence-corrected chi connectivity index (χ0v) is 13.6. The Labute approximate surface area is 143 Å². The van der Waals surface area contributed by atoms with Crippen molar-refractivity contribution in [1.82, 2.24) is 0 Å². The van der Waals surface area contributed by atoms with Crippen molar-refractivity contribution in [3.63, 3.8) is 0 Å². The minimum Gasteiger partial charge on any atom is -0.462 e. The summed E-state index contributed by atoms with van der Waals surface area (Å²) in [5, 5.41) is 30.0. The lowest BCUT2D eigenvalue weighted by Crippen LogP contribution is -2.54. The molecule has 2 aromatic rings. The van der Waals surface area contributed by atoms with Crippen LogP contribution in [-0.4, -0.2) is 46.5 Å². The maximum absolute atomic E-state index is 12.2. The van der Waals surface area contributed by atoms with Gasteiger partial charge in [0.05, 0.1) is 6.61 Å². The quantitative estimate of drug-likeness (QED) is 0.678. The topological polar surface area (TPSA) is 109 Å². The highest BCUT2D eigenvalue weighted by Gasteiger charge is 2.39. The van der Waals surface area contributed by atoms with Crippen LogP contribution >= 0.6 is 0 Å². The molecular weight excluding hydrogens is 328 g/mol. The van der Waals surface area contributed by atoms with Gasteiger partial charge in [-0.2, -0.15) is 0 Å². The first-order chi connectivity index (χ1) is 12.0. The fraction of sp³-hybridized carbons (Fsp3) is 0.500. The molecule has 1 aliphatic heterocycles. The summed E-state index contributed by atoms with van der Waals surface area (Å²) in [6, 6.07) is 5.13. The van der Waals surface area contributed by atoms with E-state index in [0.29, 0.717) is 11.3 Å². The first-order valence-electron chi connectivity index (χ1n) is 8.45. The molecule has 4 atom stereocenters. The molecule has 1 aliphatic carbocycles. The Morgan fingerprint density at radius 1 is 1.04 bits per heavy atom. The molecule has 1 saturated heterocycles. The van der Waals surface area contributed by atoms with E-state index in [0.717, 1.165) is 42.2 Å². The predicted molar refractivity (Wildman–Crippen MR) is 87.5 cm³/mol.